The number of hydrogen-bond acceptors (Lipinski definition) is 3. The van der Waals surface area contributed by atoms with Crippen molar-refractivity contribution in [2.45, 2.75) is 31.7 Å². The molecule has 1 aromatic heterocycles. The van der Waals surface area contributed by atoms with E-state index in [9.17, 15) is 9.59 Å². The molecule has 0 unspecified atom stereocenters. The molecule has 0 aliphatic rings. The summed E-state index contributed by atoms with van der Waals surface area (Å²) in [5.74, 6) is -0.0344. The number of anilines is 1. The van der Waals surface area contributed by atoms with Crippen molar-refractivity contribution in [1.82, 2.24) is 4.98 Å². The summed E-state index contributed by atoms with van der Waals surface area (Å²) in [6.45, 7) is 2.00. The molecule has 20 heavy (non-hydrogen) atoms. The zero-order valence-corrected chi connectivity index (χ0v) is 11.5. The molecule has 1 heterocycles. The number of H-pyrrole nitrogens is 1. The number of aromatic nitrogens is 1. The van der Waals surface area contributed by atoms with Crippen LogP contribution in [0.3, 0.4) is 0 Å². The van der Waals surface area contributed by atoms with Crippen molar-refractivity contribution in [3.8, 4) is 0 Å². The van der Waals surface area contributed by atoms with E-state index in [0.29, 0.717) is 18.5 Å². The first-order valence-corrected chi connectivity index (χ1v) is 6.73. The first kappa shape index (κ1) is 14.1. The Balaban J connectivity index is 2.30. The van der Waals surface area contributed by atoms with Crippen molar-refractivity contribution in [2.75, 3.05) is 5.32 Å². The maximum atomic E-state index is 11.7. The van der Waals surface area contributed by atoms with Gasteiger partial charge in [-0.1, -0.05) is 38.0 Å². The number of unbranched alkanes of at least 4 members (excludes halogenated alkanes) is 1. The van der Waals surface area contributed by atoms with E-state index in [2.05, 4.69) is 10.3 Å². The van der Waals surface area contributed by atoms with Gasteiger partial charge in [0.25, 0.3) is 5.91 Å². The zero-order chi connectivity index (χ0) is 14.6. The quantitative estimate of drug-likeness (QED) is 0.533. The molecular formula is C15H19N3O2. The number of rotatable bonds is 7. The molecule has 0 saturated heterocycles. The van der Waals surface area contributed by atoms with Crippen LogP contribution >= 0.6 is 0 Å². The number of aldehydes is 1. The number of nitrogens with one attached hydrogen (secondary N) is 2. The summed E-state index contributed by atoms with van der Waals surface area (Å²) in [7, 11) is 0. The number of benzene rings is 1. The highest BCUT2D eigenvalue weighted by Crippen LogP contribution is 2.23. The van der Waals surface area contributed by atoms with Gasteiger partial charge in [-0.05, 0) is 18.6 Å². The topological polar surface area (TPSA) is 88.0 Å². The number of para-hydroxylation sites is 1. The molecule has 5 nitrogen and oxygen atoms in total. The molecule has 1 aromatic carbocycles. The van der Waals surface area contributed by atoms with Gasteiger partial charge in [0, 0.05) is 10.9 Å². The van der Waals surface area contributed by atoms with Crippen LogP contribution in [-0.2, 0) is 9.59 Å². The molecular weight excluding hydrogens is 254 g/mol. The van der Waals surface area contributed by atoms with E-state index in [1.165, 1.54) is 0 Å². The predicted octanol–water partition coefficient (Wildman–Crippen LogP) is 2.19. The molecule has 2 rings (SSSR count). The number of hydrogen-bond donors (Lipinski definition) is 3. The lowest BCUT2D eigenvalue weighted by Gasteiger charge is -2.26. The molecule has 0 spiro atoms. The Morgan fingerprint density at radius 1 is 1.45 bits per heavy atom. The van der Waals surface area contributed by atoms with Crippen molar-refractivity contribution in [3.63, 3.8) is 0 Å². The van der Waals surface area contributed by atoms with Crippen molar-refractivity contribution in [1.29, 1.82) is 0 Å². The lowest BCUT2D eigenvalue weighted by Crippen LogP contribution is -2.52. The molecule has 0 bridgehead atoms. The van der Waals surface area contributed by atoms with Gasteiger partial charge in [0.2, 0.25) is 0 Å². The van der Waals surface area contributed by atoms with Crippen LogP contribution in [0.15, 0.2) is 30.3 Å². The SMILES string of the molecule is CCCC[C@](C=O)(Nc1cc2ccccc2[nH]1)C(N)=O. The lowest BCUT2D eigenvalue weighted by atomic mass is 9.93. The van der Waals surface area contributed by atoms with E-state index >= 15 is 0 Å². The second-order valence-corrected chi connectivity index (χ2v) is 4.95. The van der Waals surface area contributed by atoms with E-state index in [1.54, 1.807) is 0 Å². The number of amides is 1. The van der Waals surface area contributed by atoms with Crippen LogP contribution in [0.4, 0.5) is 5.82 Å². The smallest absolute Gasteiger partial charge is 0.250 e. The van der Waals surface area contributed by atoms with Gasteiger partial charge in [-0.2, -0.15) is 0 Å². The highest BCUT2D eigenvalue weighted by atomic mass is 16.2. The number of carbonyl (C=O) groups excluding carboxylic acids is 2. The molecule has 2 aromatic rings. The van der Waals surface area contributed by atoms with Crippen molar-refractivity contribution in [3.05, 3.63) is 30.3 Å². The summed E-state index contributed by atoms with van der Waals surface area (Å²) >= 11 is 0. The van der Waals surface area contributed by atoms with Gasteiger partial charge in [0.1, 0.15) is 5.82 Å². The zero-order valence-electron chi connectivity index (χ0n) is 11.5. The minimum atomic E-state index is -1.35. The van der Waals surface area contributed by atoms with Gasteiger partial charge in [-0.3, -0.25) is 4.79 Å². The molecule has 0 fully saturated rings. The molecule has 0 saturated carbocycles. The van der Waals surface area contributed by atoms with E-state index in [1.807, 2.05) is 37.3 Å². The molecule has 0 radical (unpaired) electrons. The maximum Gasteiger partial charge on any atom is 0.250 e. The van der Waals surface area contributed by atoms with Crippen LogP contribution in [0.5, 0.6) is 0 Å². The summed E-state index contributed by atoms with van der Waals surface area (Å²) in [5, 5.41) is 3.98. The van der Waals surface area contributed by atoms with E-state index in [0.717, 1.165) is 23.7 Å². The lowest BCUT2D eigenvalue weighted by molar-refractivity contribution is -0.127. The fourth-order valence-corrected chi connectivity index (χ4v) is 2.23. The highest BCUT2D eigenvalue weighted by Gasteiger charge is 2.36. The average molecular weight is 273 g/mol. The van der Waals surface area contributed by atoms with Crippen molar-refractivity contribution >= 4 is 28.9 Å². The van der Waals surface area contributed by atoms with Crippen LogP contribution in [0.25, 0.3) is 10.9 Å². The fourth-order valence-electron chi connectivity index (χ4n) is 2.23. The van der Waals surface area contributed by atoms with Crippen LogP contribution in [0.2, 0.25) is 0 Å². The van der Waals surface area contributed by atoms with Crippen LogP contribution in [-0.4, -0.2) is 22.7 Å². The monoisotopic (exact) mass is 273 g/mol. The molecule has 4 N–H and O–H groups in total. The fraction of sp³-hybridized carbons (Fsp3) is 0.333. The molecule has 0 aliphatic carbocycles. The summed E-state index contributed by atoms with van der Waals surface area (Å²) in [6.07, 6.45) is 2.63. The Hall–Kier alpha value is -2.30. The second kappa shape index (κ2) is 5.77. The third-order valence-electron chi connectivity index (χ3n) is 3.45. The first-order valence-electron chi connectivity index (χ1n) is 6.73. The summed E-state index contributed by atoms with van der Waals surface area (Å²) in [6, 6.07) is 9.59. The third kappa shape index (κ3) is 2.66. The number of primary amides is 1. The Labute approximate surface area is 117 Å². The van der Waals surface area contributed by atoms with E-state index in [-0.39, 0.29) is 0 Å². The maximum absolute atomic E-state index is 11.7. The minimum Gasteiger partial charge on any atom is -0.367 e. The Kier molecular flexibility index (Phi) is 4.08. The van der Waals surface area contributed by atoms with Crippen LogP contribution in [0.1, 0.15) is 26.2 Å². The number of nitrogens with two attached hydrogens (primary N) is 1. The van der Waals surface area contributed by atoms with Crippen LogP contribution in [0, 0.1) is 0 Å². The van der Waals surface area contributed by atoms with Gasteiger partial charge >= 0.3 is 0 Å². The number of aromatic amines is 1. The summed E-state index contributed by atoms with van der Waals surface area (Å²) in [5.41, 5.74) is 5.01. The molecule has 0 aliphatic heterocycles. The average Bonchev–Trinajstić information content (AvgIpc) is 2.85. The van der Waals surface area contributed by atoms with Crippen molar-refractivity contribution in [2.24, 2.45) is 5.73 Å². The summed E-state index contributed by atoms with van der Waals surface area (Å²) < 4.78 is 0. The van der Waals surface area contributed by atoms with Crippen LogP contribution < -0.4 is 11.1 Å². The first-order chi connectivity index (χ1) is 9.61. The molecule has 1 amide bonds. The number of fused-ring (bicyclic) bond motifs is 1. The van der Waals surface area contributed by atoms with E-state index < -0.39 is 11.4 Å². The van der Waals surface area contributed by atoms with E-state index in [4.69, 9.17) is 5.73 Å². The van der Waals surface area contributed by atoms with Gasteiger partial charge in [-0.15, -0.1) is 0 Å². The normalized spacial score (nSPS) is 13.8. The van der Waals surface area contributed by atoms with Gasteiger partial charge < -0.3 is 20.8 Å². The Morgan fingerprint density at radius 2 is 2.20 bits per heavy atom. The molecule has 5 heteroatoms. The molecule has 106 valence electrons. The standard InChI is InChI=1S/C15H19N3O2/c1-2-3-8-15(10-19,14(16)20)18-13-9-11-6-4-5-7-12(11)17-13/h4-7,9-10,17-18H,2-3,8H2,1H3,(H2,16,20)/t15-/m1/s1. The second-order valence-electron chi connectivity index (χ2n) is 4.95. The minimum absolute atomic E-state index is 0.387. The molecule has 1 atom stereocenters. The Bertz CT molecular complexity index is 587. The predicted molar refractivity (Wildman–Crippen MR) is 79.4 cm³/mol. The largest absolute Gasteiger partial charge is 0.367 e. The van der Waals surface area contributed by atoms with Gasteiger partial charge in [0.15, 0.2) is 11.8 Å². The summed E-state index contributed by atoms with van der Waals surface area (Å²) in [4.78, 5) is 26.2. The number of carbonyl (C=O) groups is 2. The Morgan fingerprint density at radius 3 is 2.80 bits per heavy atom. The highest BCUT2D eigenvalue weighted by molar-refractivity contribution is 6.04. The third-order valence-corrected chi connectivity index (χ3v) is 3.45. The van der Waals surface area contributed by atoms with Gasteiger partial charge in [-0.25, -0.2) is 0 Å². The van der Waals surface area contributed by atoms with Crippen molar-refractivity contribution < 1.29 is 9.59 Å². The van der Waals surface area contributed by atoms with Gasteiger partial charge in [0.05, 0.1) is 0 Å².